The lowest BCUT2D eigenvalue weighted by atomic mass is 10.0. The summed E-state index contributed by atoms with van der Waals surface area (Å²) in [5, 5.41) is 11.4. The third-order valence-electron chi connectivity index (χ3n) is 6.75. The fraction of sp³-hybridized carbons (Fsp3) is 0.423. The molecule has 0 radical (unpaired) electrons. The number of ether oxygens (including phenoxy) is 1. The van der Waals surface area contributed by atoms with Crippen LogP contribution in [0.15, 0.2) is 49.1 Å². The summed E-state index contributed by atoms with van der Waals surface area (Å²) in [5.74, 6) is 0.951. The van der Waals surface area contributed by atoms with E-state index in [4.69, 9.17) is 15.0 Å². The maximum Gasteiger partial charge on any atom is 0.143 e. The maximum absolute atomic E-state index is 9.01. The van der Waals surface area contributed by atoms with Crippen LogP contribution in [0.25, 0.3) is 21.9 Å². The van der Waals surface area contributed by atoms with Crippen molar-refractivity contribution in [2.45, 2.75) is 51.3 Å². The highest BCUT2D eigenvalue weighted by Gasteiger charge is 2.23. The summed E-state index contributed by atoms with van der Waals surface area (Å²) in [4.78, 5) is 11.5. The molecule has 0 bridgehead atoms. The van der Waals surface area contributed by atoms with Gasteiger partial charge in [-0.15, -0.1) is 0 Å². The van der Waals surface area contributed by atoms with Gasteiger partial charge in [0, 0.05) is 69.4 Å². The molecule has 1 aliphatic heterocycles. The van der Waals surface area contributed by atoms with Gasteiger partial charge in [-0.25, -0.2) is 9.97 Å². The van der Waals surface area contributed by atoms with Gasteiger partial charge in [-0.1, -0.05) is 19.6 Å². The van der Waals surface area contributed by atoms with E-state index in [-0.39, 0.29) is 0 Å². The molecule has 1 aliphatic rings. The molecule has 8 heteroatoms. The smallest absolute Gasteiger partial charge is 0.143 e. The van der Waals surface area contributed by atoms with Crippen LogP contribution in [-0.4, -0.2) is 46.9 Å². The number of anilines is 1. The van der Waals surface area contributed by atoms with Crippen molar-refractivity contribution >= 4 is 35.8 Å². The van der Waals surface area contributed by atoms with Crippen molar-refractivity contribution in [1.82, 2.24) is 19.1 Å². The molecule has 0 aromatic carbocycles. The highest BCUT2D eigenvalue weighted by Crippen LogP contribution is 2.33. The molecule has 176 valence electrons. The van der Waals surface area contributed by atoms with Crippen LogP contribution in [0.2, 0.25) is 25.7 Å². The molecule has 0 unspecified atom stereocenters. The molecule has 5 rings (SSSR count). The number of rotatable bonds is 7. The fourth-order valence-corrected chi connectivity index (χ4v) is 5.50. The van der Waals surface area contributed by atoms with E-state index in [1.807, 2.05) is 18.3 Å². The van der Waals surface area contributed by atoms with Crippen LogP contribution in [-0.2, 0) is 11.5 Å². The van der Waals surface area contributed by atoms with Crippen LogP contribution in [0.1, 0.15) is 24.4 Å². The molecule has 7 nitrogen and oxygen atoms in total. The van der Waals surface area contributed by atoms with Crippen LogP contribution in [0, 0.1) is 11.3 Å². The summed E-state index contributed by atoms with van der Waals surface area (Å²) in [6.07, 6.45) is 10.1. The van der Waals surface area contributed by atoms with E-state index >= 15 is 0 Å². The minimum Gasteiger partial charge on any atom is -0.361 e. The molecular weight excluding hydrogens is 440 g/mol. The Labute approximate surface area is 201 Å². The topological polar surface area (TPSA) is 71.9 Å². The van der Waals surface area contributed by atoms with Crippen LogP contribution in [0.5, 0.6) is 0 Å². The van der Waals surface area contributed by atoms with E-state index in [0.29, 0.717) is 18.3 Å². The third kappa shape index (κ3) is 4.59. The molecule has 1 saturated heterocycles. The second kappa shape index (κ2) is 9.24. The lowest BCUT2D eigenvalue weighted by molar-refractivity contribution is 0.0899. The van der Waals surface area contributed by atoms with Gasteiger partial charge in [0.25, 0.3) is 0 Å². The molecule has 34 heavy (non-hydrogen) atoms. The molecule has 0 amide bonds. The lowest BCUT2D eigenvalue weighted by Crippen LogP contribution is -2.35. The first kappa shape index (κ1) is 22.6. The largest absolute Gasteiger partial charge is 0.361 e. The number of nitriles is 1. The minimum absolute atomic E-state index is 0.439. The molecule has 0 saturated carbocycles. The zero-order valence-corrected chi connectivity index (χ0v) is 21.2. The fourth-order valence-electron chi connectivity index (χ4n) is 4.75. The molecule has 4 aromatic heterocycles. The number of piperidine rings is 1. The molecule has 1 fully saturated rings. The van der Waals surface area contributed by atoms with E-state index in [0.717, 1.165) is 44.0 Å². The van der Waals surface area contributed by atoms with Gasteiger partial charge in [-0.2, -0.15) is 5.26 Å². The SMILES string of the molecule is C[Si](C)(C)CCOCn1ccc2c1ncc1ccn(C3CCN(c4ccc(C#N)cn4)CC3)c12. The third-order valence-corrected chi connectivity index (χ3v) is 8.45. The lowest BCUT2D eigenvalue weighted by Gasteiger charge is -2.34. The monoisotopic (exact) mass is 472 g/mol. The summed E-state index contributed by atoms with van der Waals surface area (Å²) in [7, 11) is -1.09. The van der Waals surface area contributed by atoms with Crippen molar-refractivity contribution in [3.8, 4) is 6.07 Å². The van der Waals surface area contributed by atoms with Crippen molar-refractivity contribution < 1.29 is 4.74 Å². The van der Waals surface area contributed by atoms with Gasteiger partial charge >= 0.3 is 0 Å². The zero-order valence-electron chi connectivity index (χ0n) is 20.2. The zero-order chi connectivity index (χ0) is 23.7. The highest BCUT2D eigenvalue weighted by atomic mass is 28.3. The summed E-state index contributed by atoms with van der Waals surface area (Å²) in [5.41, 5.74) is 2.85. The first-order valence-corrected chi connectivity index (χ1v) is 15.8. The van der Waals surface area contributed by atoms with Crippen molar-refractivity contribution in [2.24, 2.45) is 0 Å². The van der Waals surface area contributed by atoms with Crippen molar-refractivity contribution in [1.29, 1.82) is 5.26 Å². The Balaban J connectivity index is 1.32. The highest BCUT2D eigenvalue weighted by molar-refractivity contribution is 6.76. The van der Waals surface area contributed by atoms with E-state index in [1.54, 1.807) is 6.20 Å². The number of hydrogen-bond acceptors (Lipinski definition) is 5. The van der Waals surface area contributed by atoms with Gasteiger partial charge < -0.3 is 18.8 Å². The van der Waals surface area contributed by atoms with E-state index in [1.165, 1.54) is 22.3 Å². The van der Waals surface area contributed by atoms with Gasteiger partial charge in [-0.05, 0) is 43.2 Å². The molecule has 0 atom stereocenters. The van der Waals surface area contributed by atoms with Crippen LogP contribution in [0.4, 0.5) is 5.82 Å². The normalized spacial score (nSPS) is 15.3. The van der Waals surface area contributed by atoms with Crippen LogP contribution < -0.4 is 4.90 Å². The number of hydrogen-bond donors (Lipinski definition) is 0. The van der Waals surface area contributed by atoms with E-state index < -0.39 is 8.07 Å². The first-order chi connectivity index (χ1) is 16.4. The van der Waals surface area contributed by atoms with Crippen molar-refractivity contribution in [2.75, 3.05) is 24.6 Å². The predicted octanol–water partition coefficient (Wildman–Crippen LogP) is 5.41. The predicted molar refractivity (Wildman–Crippen MR) is 139 cm³/mol. The number of nitrogens with zero attached hydrogens (tertiary/aromatic N) is 6. The molecule has 0 spiro atoms. The molecule has 0 aliphatic carbocycles. The van der Waals surface area contributed by atoms with Gasteiger partial charge in [0.1, 0.15) is 24.3 Å². The number of fused-ring (bicyclic) bond motifs is 3. The first-order valence-electron chi connectivity index (χ1n) is 12.1. The van der Waals surface area contributed by atoms with Crippen molar-refractivity contribution in [3.05, 3.63) is 54.6 Å². The number of aromatic nitrogens is 4. The summed E-state index contributed by atoms with van der Waals surface area (Å²) in [6, 6.07) is 11.9. The van der Waals surface area contributed by atoms with E-state index in [2.05, 4.69) is 69.3 Å². The van der Waals surface area contributed by atoms with Crippen molar-refractivity contribution in [3.63, 3.8) is 0 Å². The molecule has 0 N–H and O–H groups in total. The second-order valence-corrected chi connectivity index (χ2v) is 16.0. The Morgan fingerprint density at radius 1 is 1.06 bits per heavy atom. The summed E-state index contributed by atoms with van der Waals surface area (Å²) < 4.78 is 10.6. The van der Waals surface area contributed by atoms with Gasteiger partial charge in [0.05, 0.1) is 11.1 Å². The second-order valence-electron chi connectivity index (χ2n) is 10.4. The Morgan fingerprint density at radius 2 is 1.88 bits per heavy atom. The Hall–Kier alpha value is -3.15. The Morgan fingerprint density at radius 3 is 2.59 bits per heavy atom. The molecular formula is C26H32N6OSi. The average Bonchev–Trinajstić information content (AvgIpc) is 3.45. The minimum atomic E-state index is -1.09. The maximum atomic E-state index is 9.01. The van der Waals surface area contributed by atoms with Gasteiger partial charge in [0.2, 0.25) is 0 Å². The Bertz CT molecular complexity index is 1320. The quantitative estimate of drug-likeness (QED) is 0.266. The number of pyridine rings is 2. The summed E-state index contributed by atoms with van der Waals surface area (Å²) in [6.45, 7) is 10.4. The van der Waals surface area contributed by atoms with E-state index in [9.17, 15) is 0 Å². The standard InChI is InChI=1S/C26H32N6OSi/c1-34(2,3)15-14-33-19-31-12-9-23-25-21(18-29-26(23)31)6-13-32(25)22-7-10-30(11-8-22)24-5-4-20(16-27)17-28-24/h4-6,9,12-13,17-18,22H,7-8,10-11,14-15,19H2,1-3H3. The molecule has 5 heterocycles. The molecule has 4 aromatic rings. The van der Waals surface area contributed by atoms with Gasteiger partial charge in [0.15, 0.2) is 0 Å². The average molecular weight is 473 g/mol. The summed E-state index contributed by atoms with van der Waals surface area (Å²) >= 11 is 0. The Kier molecular flexibility index (Phi) is 6.15. The van der Waals surface area contributed by atoms with Gasteiger partial charge in [-0.3, -0.25) is 0 Å². The van der Waals surface area contributed by atoms with Crippen LogP contribution >= 0.6 is 0 Å². The van der Waals surface area contributed by atoms with Crippen LogP contribution in [0.3, 0.4) is 0 Å².